The van der Waals surface area contributed by atoms with E-state index in [0.29, 0.717) is 5.56 Å². The van der Waals surface area contributed by atoms with E-state index >= 15 is 0 Å². The molecule has 3 nitrogen and oxygen atoms in total. The summed E-state index contributed by atoms with van der Waals surface area (Å²) in [5, 5.41) is 8.81. The highest BCUT2D eigenvalue weighted by molar-refractivity contribution is 5.18. The van der Waals surface area contributed by atoms with Crippen molar-refractivity contribution in [3.05, 3.63) is 33.7 Å². The topological polar surface area (TPSA) is 42.2 Å². The minimum absolute atomic E-state index is 0.0944. The van der Waals surface area contributed by atoms with Crippen molar-refractivity contribution in [2.75, 3.05) is 0 Å². The Labute approximate surface area is 64.9 Å². The van der Waals surface area contributed by atoms with E-state index in [1.807, 2.05) is 18.5 Å². The quantitative estimate of drug-likeness (QED) is 0.625. The summed E-state index contributed by atoms with van der Waals surface area (Å²) in [7, 11) is 1.84. The average molecular weight is 153 g/mol. The van der Waals surface area contributed by atoms with Crippen molar-refractivity contribution < 1.29 is 5.11 Å². The fourth-order valence-electron chi connectivity index (χ4n) is 0.975. The molecule has 0 aliphatic rings. The predicted molar refractivity (Wildman–Crippen MR) is 42.3 cm³/mol. The Morgan fingerprint density at radius 2 is 2.27 bits per heavy atom. The van der Waals surface area contributed by atoms with Crippen LogP contribution >= 0.6 is 0 Å². The third-order valence-electron chi connectivity index (χ3n) is 1.87. The number of nitrogens with zero attached hydrogens (tertiary/aromatic N) is 1. The molecule has 0 saturated carbocycles. The van der Waals surface area contributed by atoms with Gasteiger partial charge in [-0.15, -0.1) is 0 Å². The van der Waals surface area contributed by atoms with Gasteiger partial charge in [0.15, 0.2) is 5.43 Å². The summed E-state index contributed by atoms with van der Waals surface area (Å²) >= 11 is 0. The lowest BCUT2D eigenvalue weighted by Gasteiger charge is -2.06. The number of pyridine rings is 1. The van der Waals surface area contributed by atoms with E-state index < -0.39 is 0 Å². The molecule has 1 heterocycles. The summed E-state index contributed by atoms with van der Waals surface area (Å²) < 4.78 is 1.81. The first kappa shape index (κ1) is 8.01. The fourth-order valence-corrected chi connectivity index (χ4v) is 0.975. The van der Waals surface area contributed by atoms with Crippen LogP contribution in [-0.4, -0.2) is 9.67 Å². The van der Waals surface area contributed by atoms with Crippen molar-refractivity contribution in [2.45, 2.75) is 13.5 Å². The zero-order valence-corrected chi connectivity index (χ0v) is 6.66. The molecule has 0 unspecified atom stereocenters. The van der Waals surface area contributed by atoms with Crippen molar-refractivity contribution in [3.8, 4) is 0 Å². The molecule has 11 heavy (non-hydrogen) atoms. The molecule has 1 rings (SSSR count). The molecule has 1 aromatic heterocycles. The lowest BCUT2D eigenvalue weighted by Crippen LogP contribution is -2.14. The second-order valence-electron chi connectivity index (χ2n) is 2.51. The highest BCUT2D eigenvalue weighted by Crippen LogP contribution is 1.99. The molecule has 0 aliphatic carbocycles. The molecule has 0 aliphatic heterocycles. The van der Waals surface area contributed by atoms with Crippen LogP contribution in [0, 0.1) is 6.92 Å². The van der Waals surface area contributed by atoms with Gasteiger partial charge in [-0.25, -0.2) is 0 Å². The summed E-state index contributed by atoms with van der Waals surface area (Å²) in [6.07, 6.45) is 1.69. The monoisotopic (exact) mass is 153 g/mol. The van der Waals surface area contributed by atoms with Crippen molar-refractivity contribution in [2.24, 2.45) is 7.05 Å². The van der Waals surface area contributed by atoms with Gasteiger partial charge in [0, 0.05) is 30.6 Å². The Morgan fingerprint density at radius 3 is 2.73 bits per heavy atom. The molecular weight excluding hydrogens is 142 g/mol. The number of rotatable bonds is 1. The molecule has 1 N–H and O–H groups in total. The normalized spacial score (nSPS) is 10.1. The molecule has 0 radical (unpaired) electrons. The molecule has 0 fully saturated rings. The fraction of sp³-hybridized carbons (Fsp3) is 0.375. The van der Waals surface area contributed by atoms with Crippen molar-refractivity contribution in [3.63, 3.8) is 0 Å². The SMILES string of the molecule is Cc1c(CO)c(=O)ccn1C. The largest absolute Gasteiger partial charge is 0.391 e. The van der Waals surface area contributed by atoms with E-state index in [4.69, 9.17) is 5.11 Å². The van der Waals surface area contributed by atoms with Crippen molar-refractivity contribution in [1.82, 2.24) is 4.57 Å². The molecule has 0 atom stereocenters. The van der Waals surface area contributed by atoms with E-state index in [0.717, 1.165) is 5.69 Å². The summed E-state index contributed by atoms with van der Waals surface area (Å²) in [4.78, 5) is 11.0. The first-order valence-electron chi connectivity index (χ1n) is 3.42. The highest BCUT2D eigenvalue weighted by atomic mass is 16.3. The lowest BCUT2D eigenvalue weighted by molar-refractivity contribution is 0.278. The van der Waals surface area contributed by atoms with Gasteiger partial charge in [0.1, 0.15) is 0 Å². The lowest BCUT2D eigenvalue weighted by atomic mass is 10.2. The highest BCUT2D eigenvalue weighted by Gasteiger charge is 2.02. The standard InChI is InChI=1S/C8H11NO2/c1-6-7(5-10)8(11)3-4-9(6)2/h3-4,10H,5H2,1-2H3. The van der Waals surface area contributed by atoms with Gasteiger partial charge in [0.05, 0.1) is 6.61 Å². The van der Waals surface area contributed by atoms with Crippen LogP contribution in [0.25, 0.3) is 0 Å². The number of aromatic nitrogens is 1. The first-order chi connectivity index (χ1) is 5.16. The minimum atomic E-state index is -0.181. The molecule has 0 saturated heterocycles. The van der Waals surface area contributed by atoms with Gasteiger partial charge >= 0.3 is 0 Å². The Bertz CT molecular complexity index is 314. The number of aliphatic hydroxyl groups excluding tert-OH is 1. The number of aliphatic hydroxyl groups is 1. The number of aryl methyl sites for hydroxylation is 1. The van der Waals surface area contributed by atoms with Crippen LogP contribution in [0.4, 0.5) is 0 Å². The minimum Gasteiger partial charge on any atom is -0.391 e. The van der Waals surface area contributed by atoms with E-state index in [1.54, 1.807) is 6.20 Å². The Hall–Kier alpha value is -1.09. The van der Waals surface area contributed by atoms with E-state index in [9.17, 15) is 4.79 Å². The van der Waals surface area contributed by atoms with E-state index in [1.165, 1.54) is 6.07 Å². The Morgan fingerprint density at radius 1 is 1.64 bits per heavy atom. The maximum absolute atomic E-state index is 11.0. The smallest absolute Gasteiger partial charge is 0.187 e. The van der Waals surface area contributed by atoms with Gasteiger partial charge in [-0.3, -0.25) is 4.79 Å². The zero-order chi connectivity index (χ0) is 8.43. The zero-order valence-electron chi connectivity index (χ0n) is 6.66. The second-order valence-corrected chi connectivity index (χ2v) is 2.51. The average Bonchev–Trinajstić information content (AvgIpc) is 1.99. The van der Waals surface area contributed by atoms with Crippen LogP contribution in [0.1, 0.15) is 11.3 Å². The molecule has 0 aromatic carbocycles. The van der Waals surface area contributed by atoms with Gasteiger partial charge < -0.3 is 9.67 Å². The number of hydrogen-bond donors (Lipinski definition) is 1. The van der Waals surface area contributed by atoms with Gasteiger partial charge in [0.2, 0.25) is 0 Å². The van der Waals surface area contributed by atoms with Crippen LogP contribution in [0.5, 0.6) is 0 Å². The van der Waals surface area contributed by atoms with Gasteiger partial charge in [0.25, 0.3) is 0 Å². The first-order valence-corrected chi connectivity index (χ1v) is 3.42. The summed E-state index contributed by atoms with van der Waals surface area (Å²) in [5.74, 6) is 0. The molecule has 0 amide bonds. The van der Waals surface area contributed by atoms with Gasteiger partial charge in [-0.1, -0.05) is 0 Å². The van der Waals surface area contributed by atoms with Gasteiger partial charge in [-0.2, -0.15) is 0 Å². The van der Waals surface area contributed by atoms with Gasteiger partial charge in [-0.05, 0) is 6.92 Å². The summed E-state index contributed by atoms with van der Waals surface area (Å²) in [6.45, 7) is 1.63. The Balaban J connectivity index is 3.41. The van der Waals surface area contributed by atoms with Crippen molar-refractivity contribution in [1.29, 1.82) is 0 Å². The third kappa shape index (κ3) is 1.33. The second kappa shape index (κ2) is 2.88. The summed E-state index contributed by atoms with van der Waals surface area (Å²) in [5.41, 5.74) is 1.21. The van der Waals surface area contributed by atoms with Crippen LogP contribution in [-0.2, 0) is 13.7 Å². The molecule has 0 spiro atoms. The van der Waals surface area contributed by atoms with E-state index in [2.05, 4.69) is 0 Å². The predicted octanol–water partition coefficient (Wildman–Crippen LogP) is 0.186. The maximum Gasteiger partial charge on any atom is 0.187 e. The van der Waals surface area contributed by atoms with Crippen LogP contribution in [0.15, 0.2) is 17.1 Å². The van der Waals surface area contributed by atoms with Crippen LogP contribution in [0.3, 0.4) is 0 Å². The summed E-state index contributed by atoms with van der Waals surface area (Å²) in [6, 6.07) is 1.46. The van der Waals surface area contributed by atoms with Crippen LogP contribution < -0.4 is 5.43 Å². The molecule has 3 heteroatoms. The maximum atomic E-state index is 11.0. The third-order valence-corrected chi connectivity index (χ3v) is 1.87. The van der Waals surface area contributed by atoms with Crippen molar-refractivity contribution >= 4 is 0 Å². The Kier molecular flexibility index (Phi) is 2.10. The molecule has 0 bridgehead atoms. The van der Waals surface area contributed by atoms with Crippen LogP contribution in [0.2, 0.25) is 0 Å². The van der Waals surface area contributed by atoms with E-state index in [-0.39, 0.29) is 12.0 Å². The molecule has 60 valence electrons. The molecular formula is C8H11NO2. The molecule has 1 aromatic rings. The number of hydrogen-bond acceptors (Lipinski definition) is 2.